The fourth-order valence-corrected chi connectivity index (χ4v) is 4.17. The molecule has 0 bridgehead atoms. The molecule has 1 aromatic carbocycles. The second-order valence-corrected chi connectivity index (χ2v) is 8.15. The molecule has 0 aliphatic carbocycles. The van der Waals surface area contributed by atoms with Crippen LogP contribution >= 0.6 is 11.3 Å². The van der Waals surface area contributed by atoms with E-state index in [2.05, 4.69) is 10.3 Å². The third kappa shape index (κ3) is 4.49. The van der Waals surface area contributed by atoms with Gasteiger partial charge in [-0.3, -0.25) is 9.59 Å². The maximum absolute atomic E-state index is 13.1. The van der Waals surface area contributed by atoms with Crippen molar-refractivity contribution in [2.24, 2.45) is 0 Å². The molecule has 0 radical (unpaired) electrons. The number of piperidine rings is 1. The molecular weight excluding hydrogens is 346 g/mol. The first-order valence-corrected chi connectivity index (χ1v) is 9.94. The molecule has 1 atom stereocenters. The number of nitrogens with one attached hydrogen (secondary N) is 1. The van der Waals surface area contributed by atoms with Crippen LogP contribution in [0.5, 0.6) is 0 Å². The Hall–Kier alpha value is -2.21. The van der Waals surface area contributed by atoms with Gasteiger partial charge in [0, 0.05) is 24.4 Å². The average molecular weight is 372 g/mol. The Morgan fingerprint density at radius 3 is 2.46 bits per heavy atom. The van der Waals surface area contributed by atoms with E-state index in [-0.39, 0.29) is 11.8 Å². The largest absolute Gasteiger partial charge is 0.341 e. The fraction of sp³-hybridized carbons (Fsp3) is 0.450. The number of rotatable bonds is 5. The van der Waals surface area contributed by atoms with Crippen molar-refractivity contribution >= 4 is 23.2 Å². The number of carbonyl (C=O) groups is 2. The van der Waals surface area contributed by atoms with Crippen LogP contribution in [0.4, 0.5) is 0 Å². The number of amides is 2. The van der Waals surface area contributed by atoms with Crippen molar-refractivity contribution in [3.63, 3.8) is 0 Å². The summed E-state index contributed by atoms with van der Waals surface area (Å²) in [5.41, 5.74) is 1.46. The Morgan fingerprint density at radius 2 is 1.85 bits per heavy atom. The first kappa shape index (κ1) is 18.6. The van der Waals surface area contributed by atoms with Gasteiger partial charge < -0.3 is 10.2 Å². The van der Waals surface area contributed by atoms with Crippen LogP contribution in [0.15, 0.2) is 30.3 Å². The molecule has 3 rings (SSSR count). The number of aromatic nitrogens is 1. The molecule has 1 saturated heterocycles. The van der Waals surface area contributed by atoms with Crippen molar-refractivity contribution < 1.29 is 9.59 Å². The van der Waals surface area contributed by atoms with Gasteiger partial charge in [-0.25, -0.2) is 4.98 Å². The van der Waals surface area contributed by atoms with Gasteiger partial charge in [-0.2, -0.15) is 0 Å². The quantitative estimate of drug-likeness (QED) is 0.878. The van der Waals surface area contributed by atoms with Crippen LogP contribution in [0.2, 0.25) is 0 Å². The molecule has 0 saturated carbocycles. The van der Waals surface area contributed by atoms with Crippen LogP contribution in [0.25, 0.3) is 0 Å². The van der Waals surface area contributed by atoms with E-state index in [0.717, 1.165) is 47.8 Å². The number of benzene rings is 1. The summed E-state index contributed by atoms with van der Waals surface area (Å²) in [6.45, 7) is 5.32. The summed E-state index contributed by atoms with van der Waals surface area (Å²) in [4.78, 5) is 32.9. The maximum Gasteiger partial charge on any atom is 0.271 e. The van der Waals surface area contributed by atoms with Crippen LogP contribution in [0.1, 0.15) is 45.2 Å². The summed E-state index contributed by atoms with van der Waals surface area (Å²) in [6.07, 6.45) is 3.71. The second kappa shape index (κ2) is 8.45. The van der Waals surface area contributed by atoms with Gasteiger partial charge >= 0.3 is 0 Å². The molecule has 2 amide bonds. The van der Waals surface area contributed by atoms with E-state index in [1.807, 2.05) is 49.1 Å². The first-order valence-electron chi connectivity index (χ1n) is 9.12. The Bertz CT molecular complexity index is 767. The zero-order chi connectivity index (χ0) is 18.5. The molecule has 26 heavy (non-hydrogen) atoms. The highest BCUT2D eigenvalue weighted by molar-refractivity contribution is 7.11. The summed E-state index contributed by atoms with van der Waals surface area (Å²) in [7, 11) is 0. The summed E-state index contributed by atoms with van der Waals surface area (Å²) in [5, 5.41) is 3.80. The van der Waals surface area contributed by atoms with Gasteiger partial charge in [-0.1, -0.05) is 30.3 Å². The van der Waals surface area contributed by atoms with E-state index in [0.29, 0.717) is 12.1 Å². The highest BCUT2D eigenvalue weighted by Crippen LogP contribution is 2.17. The molecule has 0 unspecified atom stereocenters. The van der Waals surface area contributed by atoms with Crippen molar-refractivity contribution in [2.75, 3.05) is 13.1 Å². The molecule has 138 valence electrons. The summed E-state index contributed by atoms with van der Waals surface area (Å²) >= 11 is 1.50. The molecule has 1 aliphatic heterocycles. The smallest absolute Gasteiger partial charge is 0.271 e. The molecular formula is C20H25N3O2S. The van der Waals surface area contributed by atoms with Gasteiger partial charge in [-0.15, -0.1) is 11.3 Å². The Kier molecular flexibility index (Phi) is 6.04. The lowest BCUT2D eigenvalue weighted by molar-refractivity contribution is -0.134. The minimum atomic E-state index is -0.565. The number of aryl methyl sites for hydroxylation is 2. The molecule has 1 N–H and O–H groups in total. The van der Waals surface area contributed by atoms with Gasteiger partial charge in [0.1, 0.15) is 11.7 Å². The van der Waals surface area contributed by atoms with Gasteiger partial charge in [0.25, 0.3) is 5.91 Å². The first-order chi connectivity index (χ1) is 12.5. The van der Waals surface area contributed by atoms with E-state index in [1.165, 1.54) is 11.3 Å². The average Bonchev–Trinajstić information content (AvgIpc) is 3.00. The summed E-state index contributed by atoms with van der Waals surface area (Å²) in [6, 6.07) is 9.26. The molecule has 6 heteroatoms. The molecule has 2 aromatic rings. The molecule has 1 aromatic heterocycles. The minimum absolute atomic E-state index is 0.00603. The van der Waals surface area contributed by atoms with Crippen molar-refractivity contribution in [3.05, 3.63) is 51.5 Å². The van der Waals surface area contributed by atoms with Crippen molar-refractivity contribution in [1.82, 2.24) is 15.2 Å². The van der Waals surface area contributed by atoms with Crippen LogP contribution in [0.3, 0.4) is 0 Å². The van der Waals surface area contributed by atoms with E-state index in [9.17, 15) is 9.59 Å². The molecule has 1 aliphatic rings. The maximum atomic E-state index is 13.1. The zero-order valence-electron chi connectivity index (χ0n) is 15.3. The highest BCUT2D eigenvalue weighted by Gasteiger charge is 2.28. The SMILES string of the molecule is Cc1nc(C(=O)N[C@H](Cc2ccccc2)C(=O)N2CCCCC2)c(C)s1. The van der Waals surface area contributed by atoms with Crippen LogP contribution in [0, 0.1) is 13.8 Å². The van der Waals surface area contributed by atoms with Crippen LogP contribution in [-0.2, 0) is 11.2 Å². The van der Waals surface area contributed by atoms with E-state index < -0.39 is 6.04 Å². The third-order valence-corrected chi connectivity index (χ3v) is 5.56. The topological polar surface area (TPSA) is 62.3 Å². The van der Waals surface area contributed by atoms with E-state index in [4.69, 9.17) is 0 Å². The van der Waals surface area contributed by atoms with E-state index >= 15 is 0 Å². The predicted octanol–water partition coefficient (Wildman–Crippen LogP) is 3.11. The second-order valence-electron chi connectivity index (χ2n) is 6.74. The zero-order valence-corrected chi connectivity index (χ0v) is 16.1. The Labute approximate surface area is 158 Å². The standard InChI is InChI=1S/C20H25N3O2S/c1-14-18(21-15(2)26-14)19(24)22-17(13-16-9-5-3-6-10-16)20(25)23-11-7-4-8-12-23/h3,5-6,9-10,17H,4,7-8,11-13H2,1-2H3,(H,22,24)/t17-/m1/s1. The van der Waals surface area contributed by atoms with Crippen LogP contribution in [-0.4, -0.2) is 40.8 Å². The number of hydrogen-bond acceptors (Lipinski definition) is 4. The molecule has 5 nitrogen and oxygen atoms in total. The van der Waals surface area contributed by atoms with Gasteiger partial charge in [0.2, 0.25) is 5.91 Å². The fourth-order valence-electron chi connectivity index (χ4n) is 3.35. The predicted molar refractivity (Wildman–Crippen MR) is 103 cm³/mol. The number of thiazole rings is 1. The number of nitrogens with zero attached hydrogens (tertiary/aromatic N) is 2. The minimum Gasteiger partial charge on any atom is -0.341 e. The molecule has 0 spiro atoms. The van der Waals surface area contributed by atoms with Crippen molar-refractivity contribution in [3.8, 4) is 0 Å². The molecule has 1 fully saturated rings. The van der Waals surface area contributed by atoms with Crippen molar-refractivity contribution in [1.29, 1.82) is 0 Å². The van der Waals surface area contributed by atoms with Crippen molar-refractivity contribution in [2.45, 2.75) is 45.6 Å². The lowest BCUT2D eigenvalue weighted by atomic mass is 10.0. The van der Waals surface area contributed by atoms with Gasteiger partial charge in [0.05, 0.1) is 5.01 Å². The third-order valence-electron chi connectivity index (χ3n) is 4.67. The number of carbonyl (C=O) groups excluding carboxylic acids is 2. The number of hydrogen-bond donors (Lipinski definition) is 1. The highest BCUT2D eigenvalue weighted by atomic mass is 32.1. The molecule has 2 heterocycles. The normalized spacial score (nSPS) is 15.5. The van der Waals surface area contributed by atoms with E-state index in [1.54, 1.807) is 0 Å². The Morgan fingerprint density at radius 1 is 1.15 bits per heavy atom. The van der Waals surface area contributed by atoms with Gasteiger partial charge in [-0.05, 0) is 38.7 Å². The van der Waals surface area contributed by atoms with Crippen LogP contribution < -0.4 is 5.32 Å². The van der Waals surface area contributed by atoms with Gasteiger partial charge in [0.15, 0.2) is 0 Å². The Balaban J connectivity index is 1.78. The lowest BCUT2D eigenvalue weighted by Crippen LogP contribution is -2.51. The summed E-state index contributed by atoms with van der Waals surface area (Å²) in [5.74, 6) is -0.260. The summed E-state index contributed by atoms with van der Waals surface area (Å²) < 4.78 is 0. The monoisotopic (exact) mass is 371 g/mol. The number of likely N-dealkylation sites (tertiary alicyclic amines) is 1. The lowest BCUT2D eigenvalue weighted by Gasteiger charge is -2.30.